The van der Waals surface area contributed by atoms with Crippen molar-refractivity contribution in [1.82, 2.24) is 0 Å². The van der Waals surface area contributed by atoms with Gasteiger partial charge in [-0.2, -0.15) is 39.5 Å². The second-order valence-corrected chi connectivity index (χ2v) is 8.47. The van der Waals surface area contributed by atoms with Crippen LogP contribution >= 0.6 is 0 Å². The van der Waals surface area contributed by atoms with Crippen LogP contribution in [0.1, 0.15) is 54.2 Å². The third-order valence-electron chi connectivity index (χ3n) is 4.99. The normalized spacial score (nSPS) is 14.2. The molecule has 0 spiro atoms. The molecular weight excluding hydrogens is 447 g/mol. The predicted molar refractivity (Wildman–Crippen MR) is 103 cm³/mol. The molecule has 32 heavy (non-hydrogen) atoms. The molecule has 0 saturated carbocycles. The van der Waals surface area contributed by atoms with Crippen molar-refractivity contribution in [2.45, 2.75) is 58.6 Å². The topological polar surface area (TPSA) is 0 Å². The minimum atomic E-state index is -4.82. The van der Waals surface area contributed by atoms with Crippen molar-refractivity contribution in [1.29, 1.82) is 0 Å². The summed E-state index contributed by atoms with van der Waals surface area (Å²) in [6.07, 6.45) is -14.2. The van der Waals surface area contributed by atoms with Crippen LogP contribution in [0.4, 0.5) is 39.5 Å². The average Bonchev–Trinajstić information content (AvgIpc) is 2.58. The van der Waals surface area contributed by atoms with Gasteiger partial charge >= 0.3 is 18.5 Å². The van der Waals surface area contributed by atoms with Gasteiger partial charge in [-0.3, -0.25) is 0 Å². The molecule has 0 N–H and O–H groups in total. The van der Waals surface area contributed by atoms with Crippen molar-refractivity contribution in [2.24, 2.45) is 11.8 Å². The Kier molecular flexibility index (Phi) is 7.62. The molecular formula is C23H23F9. The van der Waals surface area contributed by atoms with E-state index < -0.39 is 46.7 Å². The second kappa shape index (κ2) is 9.35. The highest BCUT2D eigenvalue weighted by atomic mass is 19.4. The molecule has 2 aromatic carbocycles. The van der Waals surface area contributed by atoms with E-state index in [1.807, 2.05) is 0 Å². The van der Waals surface area contributed by atoms with Crippen LogP contribution in [0.2, 0.25) is 0 Å². The van der Waals surface area contributed by atoms with Crippen LogP contribution in [0.3, 0.4) is 0 Å². The van der Waals surface area contributed by atoms with Crippen molar-refractivity contribution < 1.29 is 39.5 Å². The molecule has 1 atom stereocenters. The summed E-state index contributed by atoms with van der Waals surface area (Å²) in [6.45, 7) is 5.09. The van der Waals surface area contributed by atoms with Crippen LogP contribution in [0.5, 0.6) is 0 Å². The maximum atomic E-state index is 13.3. The molecule has 0 saturated heterocycles. The van der Waals surface area contributed by atoms with E-state index >= 15 is 0 Å². The Bertz CT molecular complexity index is 919. The van der Waals surface area contributed by atoms with E-state index in [4.69, 9.17) is 0 Å². The zero-order valence-electron chi connectivity index (χ0n) is 17.6. The number of halogens is 9. The van der Waals surface area contributed by atoms with E-state index in [2.05, 4.69) is 0 Å². The summed E-state index contributed by atoms with van der Waals surface area (Å²) >= 11 is 0. The zero-order chi connectivity index (χ0) is 24.5. The van der Waals surface area contributed by atoms with Gasteiger partial charge in [0.25, 0.3) is 0 Å². The molecule has 0 radical (unpaired) electrons. The molecule has 0 aliphatic heterocycles. The molecule has 0 fully saturated rings. The molecule has 2 aromatic rings. The van der Waals surface area contributed by atoms with Crippen molar-refractivity contribution in [2.75, 3.05) is 0 Å². The summed E-state index contributed by atoms with van der Waals surface area (Å²) in [5, 5.41) is 0. The summed E-state index contributed by atoms with van der Waals surface area (Å²) in [7, 11) is 0. The van der Waals surface area contributed by atoms with Gasteiger partial charge in [-0.05, 0) is 72.1 Å². The smallest absolute Gasteiger partial charge is 0.166 e. The molecule has 0 heterocycles. The van der Waals surface area contributed by atoms with Gasteiger partial charge in [0.15, 0.2) is 0 Å². The van der Waals surface area contributed by atoms with Crippen LogP contribution in [0.15, 0.2) is 36.4 Å². The number of alkyl halides is 9. The van der Waals surface area contributed by atoms with Gasteiger partial charge in [0, 0.05) is 0 Å². The Morgan fingerprint density at radius 1 is 0.594 bits per heavy atom. The highest BCUT2D eigenvalue weighted by Crippen LogP contribution is 2.38. The first kappa shape index (κ1) is 26.1. The Balaban J connectivity index is 2.33. The quantitative estimate of drug-likeness (QED) is 0.372. The lowest BCUT2D eigenvalue weighted by Gasteiger charge is -2.20. The monoisotopic (exact) mass is 470 g/mol. The predicted octanol–water partition coefficient (Wildman–Crippen LogP) is 8.36. The third-order valence-corrected chi connectivity index (χ3v) is 4.99. The summed E-state index contributed by atoms with van der Waals surface area (Å²) in [5.74, 6) is -0.591. The molecule has 0 aliphatic rings. The highest BCUT2D eigenvalue weighted by molar-refractivity contribution is 5.37. The summed E-state index contributed by atoms with van der Waals surface area (Å²) in [6, 6.07) is 4.91. The average molecular weight is 470 g/mol. The van der Waals surface area contributed by atoms with E-state index in [-0.39, 0.29) is 30.7 Å². The standard InChI is InChI=1S/C23H23F9/c1-13(2)8-16-11-15(4-6-19(16)22(27,28)29)9-14(3)10-17-12-18(21(24,25)26)5-7-20(17)23(30,31)32/h4-7,11-14H,8-10H2,1-3H3. The molecule has 178 valence electrons. The van der Waals surface area contributed by atoms with Crippen LogP contribution in [0.25, 0.3) is 0 Å². The maximum Gasteiger partial charge on any atom is 0.416 e. The van der Waals surface area contributed by atoms with Gasteiger partial charge in [0.05, 0.1) is 16.7 Å². The molecule has 2 rings (SSSR count). The van der Waals surface area contributed by atoms with E-state index in [0.29, 0.717) is 23.8 Å². The van der Waals surface area contributed by atoms with Crippen LogP contribution in [-0.2, 0) is 37.8 Å². The van der Waals surface area contributed by atoms with E-state index in [0.717, 1.165) is 6.07 Å². The van der Waals surface area contributed by atoms with Gasteiger partial charge in [-0.25, -0.2) is 0 Å². The fourth-order valence-corrected chi connectivity index (χ4v) is 3.72. The molecule has 1 unspecified atom stereocenters. The minimum absolute atomic E-state index is 0.0526. The van der Waals surface area contributed by atoms with Crippen LogP contribution < -0.4 is 0 Å². The summed E-state index contributed by atoms with van der Waals surface area (Å²) < 4.78 is 119. The van der Waals surface area contributed by atoms with E-state index in [9.17, 15) is 39.5 Å². The molecule has 0 amide bonds. The minimum Gasteiger partial charge on any atom is -0.166 e. The molecule has 0 aromatic heterocycles. The second-order valence-electron chi connectivity index (χ2n) is 8.47. The Morgan fingerprint density at radius 3 is 1.56 bits per heavy atom. The lowest BCUT2D eigenvalue weighted by atomic mass is 9.88. The van der Waals surface area contributed by atoms with Gasteiger partial charge in [0.2, 0.25) is 0 Å². The van der Waals surface area contributed by atoms with Crippen molar-refractivity contribution >= 4 is 0 Å². The first-order valence-corrected chi connectivity index (χ1v) is 9.94. The highest BCUT2D eigenvalue weighted by Gasteiger charge is 2.37. The molecule has 0 nitrogen and oxygen atoms in total. The number of hydrogen-bond donors (Lipinski definition) is 0. The van der Waals surface area contributed by atoms with Crippen molar-refractivity contribution in [3.05, 3.63) is 69.8 Å². The zero-order valence-corrected chi connectivity index (χ0v) is 17.6. The van der Waals surface area contributed by atoms with Crippen LogP contribution in [0, 0.1) is 11.8 Å². The van der Waals surface area contributed by atoms with Gasteiger partial charge < -0.3 is 0 Å². The van der Waals surface area contributed by atoms with Gasteiger partial charge in [0.1, 0.15) is 0 Å². The first-order valence-electron chi connectivity index (χ1n) is 9.94. The Morgan fingerprint density at radius 2 is 1.09 bits per heavy atom. The third kappa shape index (κ3) is 6.90. The number of rotatable bonds is 6. The summed E-state index contributed by atoms with van der Waals surface area (Å²) in [5.41, 5.74) is -3.00. The SMILES string of the molecule is CC(C)Cc1cc(CC(C)Cc2cc(C(F)(F)F)ccc2C(F)(F)F)ccc1C(F)(F)F. The van der Waals surface area contributed by atoms with Crippen LogP contribution in [-0.4, -0.2) is 0 Å². The lowest BCUT2D eigenvalue weighted by molar-refractivity contribution is -0.141. The molecule has 0 aliphatic carbocycles. The largest absolute Gasteiger partial charge is 0.416 e. The van der Waals surface area contributed by atoms with Gasteiger partial charge in [-0.15, -0.1) is 0 Å². The fourth-order valence-electron chi connectivity index (χ4n) is 3.72. The first-order chi connectivity index (χ1) is 14.5. The summed E-state index contributed by atoms with van der Waals surface area (Å²) in [4.78, 5) is 0. The maximum absolute atomic E-state index is 13.3. The molecule has 9 heteroatoms. The van der Waals surface area contributed by atoms with E-state index in [1.54, 1.807) is 20.8 Å². The van der Waals surface area contributed by atoms with Gasteiger partial charge in [-0.1, -0.05) is 32.9 Å². The fraction of sp³-hybridized carbons (Fsp3) is 0.478. The number of benzene rings is 2. The Hall–Kier alpha value is -2.19. The van der Waals surface area contributed by atoms with Crippen molar-refractivity contribution in [3.8, 4) is 0 Å². The van der Waals surface area contributed by atoms with Crippen molar-refractivity contribution in [3.63, 3.8) is 0 Å². The Labute approximate surface area is 180 Å². The molecule has 0 bridgehead atoms. The lowest BCUT2D eigenvalue weighted by Crippen LogP contribution is -2.16. The van der Waals surface area contributed by atoms with E-state index in [1.165, 1.54) is 12.1 Å². The number of hydrogen-bond acceptors (Lipinski definition) is 0.